The number of aryl methyl sites for hydroxylation is 1. The number of fused-ring (bicyclic) bond motifs is 1. The summed E-state index contributed by atoms with van der Waals surface area (Å²) in [6, 6.07) is 4.29. The molecule has 9 nitrogen and oxygen atoms in total. The molecular formula is C26H33N7O2. The van der Waals surface area contributed by atoms with Gasteiger partial charge in [-0.15, -0.1) is 6.58 Å². The van der Waals surface area contributed by atoms with E-state index in [9.17, 15) is 0 Å². The number of rotatable bonds is 7. The van der Waals surface area contributed by atoms with Crippen molar-refractivity contribution in [2.24, 2.45) is 0 Å². The molecule has 0 bridgehead atoms. The van der Waals surface area contributed by atoms with E-state index < -0.39 is 0 Å². The van der Waals surface area contributed by atoms with Gasteiger partial charge < -0.3 is 14.5 Å². The van der Waals surface area contributed by atoms with Crippen molar-refractivity contribution in [3.8, 4) is 22.6 Å². The van der Waals surface area contributed by atoms with E-state index in [0.717, 1.165) is 78.7 Å². The Kier molecular flexibility index (Phi) is 8.36. The van der Waals surface area contributed by atoms with Crippen LogP contribution in [0.1, 0.15) is 23.9 Å². The molecule has 0 radical (unpaired) electrons. The number of imidazole rings is 1. The zero-order chi connectivity index (χ0) is 24.6. The largest absolute Gasteiger partial charge is 0.384 e. The SMILES string of the molecule is C=CC.COCCc1nc(-c2[nH]nc3ncc(-c4cncc(CN5CCOCC5)c4)cc23)[nH]c1C. The van der Waals surface area contributed by atoms with Crippen molar-refractivity contribution in [1.29, 1.82) is 0 Å². The molecule has 0 aromatic carbocycles. The van der Waals surface area contributed by atoms with Gasteiger partial charge in [0.2, 0.25) is 0 Å². The van der Waals surface area contributed by atoms with Gasteiger partial charge in [-0.2, -0.15) is 5.10 Å². The van der Waals surface area contributed by atoms with E-state index >= 15 is 0 Å². The van der Waals surface area contributed by atoms with Crippen LogP contribution in [0.25, 0.3) is 33.7 Å². The Hall–Kier alpha value is -3.40. The van der Waals surface area contributed by atoms with Gasteiger partial charge in [0.25, 0.3) is 0 Å². The van der Waals surface area contributed by atoms with Crippen molar-refractivity contribution in [2.45, 2.75) is 26.8 Å². The maximum absolute atomic E-state index is 5.45. The van der Waals surface area contributed by atoms with Gasteiger partial charge in [-0.25, -0.2) is 9.97 Å². The topological polar surface area (TPSA) is 105 Å². The van der Waals surface area contributed by atoms with Gasteiger partial charge in [0.05, 0.1) is 30.9 Å². The molecule has 0 amide bonds. The highest BCUT2D eigenvalue weighted by atomic mass is 16.5. The third-order valence-corrected chi connectivity index (χ3v) is 5.81. The molecule has 1 aliphatic heterocycles. The first-order valence-electron chi connectivity index (χ1n) is 11.8. The minimum Gasteiger partial charge on any atom is -0.384 e. The Labute approximate surface area is 205 Å². The van der Waals surface area contributed by atoms with E-state index in [4.69, 9.17) is 14.5 Å². The average Bonchev–Trinajstić information content (AvgIpc) is 3.46. The molecule has 5 rings (SSSR count). The van der Waals surface area contributed by atoms with Crippen molar-refractivity contribution in [2.75, 3.05) is 40.0 Å². The summed E-state index contributed by atoms with van der Waals surface area (Å²) in [5.41, 5.74) is 6.74. The number of pyridine rings is 2. The van der Waals surface area contributed by atoms with Crippen LogP contribution in [0.2, 0.25) is 0 Å². The van der Waals surface area contributed by atoms with Gasteiger partial charge in [0, 0.05) is 68.6 Å². The van der Waals surface area contributed by atoms with Crippen molar-refractivity contribution >= 4 is 11.0 Å². The van der Waals surface area contributed by atoms with Crippen molar-refractivity contribution in [1.82, 2.24) is 35.0 Å². The normalized spacial score (nSPS) is 14.0. The number of allylic oxidation sites excluding steroid dienone is 1. The fraction of sp³-hybridized carbons (Fsp3) is 0.385. The van der Waals surface area contributed by atoms with E-state index in [1.165, 1.54) is 5.56 Å². The minimum atomic E-state index is 0.633. The molecule has 5 heterocycles. The van der Waals surface area contributed by atoms with Crippen molar-refractivity contribution < 1.29 is 9.47 Å². The molecule has 9 heteroatoms. The Morgan fingerprint density at radius 3 is 2.71 bits per heavy atom. The third kappa shape index (κ3) is 6.00. The van der Waals surface area contributed by atoms with Crippen LogP contribution >= 0.6 is 0 Å². The Bertz CT molecular complexity index is 1260. The zero-order valence-corrected chi connectivity index (χ0v) is 20.7. The van der Waals surface area contributed by atoms with Crippen LogP contribution in [0.5, 0.6) is 0 Å². The standard InChI is InChI=1S/C23H27N7O2.C3H6/c1-15-20(3-6-31-2)27-23(26-15)21-19-10-18(13-25-22(19)29-28-21)17-9-16(11-24-12-17)14-30-4-7-32-8-5-30;1-3-2/h9-13H,3-8,14H2,1-2H3,(H,26,27)(H,25,28,29);3H,1H2,2H3. The lowest BCUT2D eigenvalue weighted by atomic mass is 10.1. The summed E-state index contributed by atoms with van der Waals surface area (Å²) in [6.45, 7) is 12.2. The molecule has 0 unspecified atom stereocenters. The van der Waals surface area contributed by atoms with Crippen LogP contribution in [0.4, 0.5) is 0 Å². The van der Waals surface area contributed by atoms with Crippen LogP contribution in [-0.2, 0) is 22.4 Å². The van der Waals surface area contributed by atoms with Gasteiger partial charge in [-0.1, -0.05) is 6.08 Å². The van der Waals surface area contributed by atoms with E-state index in [1.54, 1.807) is 13.2 Å². The van der Waals surface area contributed by atoms with Gasteiger partial charge in [-0.05, 0) is 31.5 Å². The molecule has 2 N–H and O–H groups in total. The molecule has 1 fully saturated rings. The molecule has 0 aliphatic carbocycles. The number of methoxy groups -OCH3 is 1. The van der Waals surface area contributed by atoms with Crippen molar-refractivity contribution in [3.05, 3.63) is 60.3 Å². The molecule has 184 valence electrons. The summed E-state index contributed by atoms with van der Waals surface area (Å²) in [4.78, 5) is 19.6. The lowest BCUT2D eigenvalue weighted by Crippen LogP contribution is -2.35. The highest BCUT2D eigenvalue weighted by Gasteiger charge is 2.16. The second-order valence-electron chi connectivity index (χ2n) is 8.47. The second-order valence-corrected chi connectivity index (χ2v) is 8.47. The predicted molar refractivity (Wildman–Crippen MR) is 137 cm³/mol. The molecule has 4 aromatic heterocycles. The summed E-state index contributed by atoms with van der Waals surface area (Å²) >= 11 is 0. The molecule has 0 atom stereocenters. The fourth-order valence-electron chi connectivity index (χ4n) is 4.04. The number of H-pyrrole nitrogens is 2. The molecular weight excluding hydrogens is 442 g/mol. The fourth-order valence-corrected chi connectivity index (χ4v) is 4.04. The maximum Gasteiger partial charge on any atom is 0.181 e. The van der Waals surface area contributed by atoms with Crippen LogP contribution in [-0.4, -0.2) is 75.1 Å². The maximum atomic E-state index is 5.45. The molecule has 35 heavy (non-hydrogen) atoms. The Balaban J connectivity index is 0.000000917. The van der Waals surface area contributed by atoms with Crippen LogP contribution < -0.4 is 0 Å². The number of aromatic amines is 2. The highest BCUT2D eigenvalue weighted by molar-refractivity contribution is 5.91. The molecule has 0 saturated carbocycles. The molecule has 1 aliphatic rings. The van der Waals surface area contributed by atoms with Gasteiger partial charge in [0.15, 0.2) is 11.5 Å². The first-order chi connectivity index (χ1) is 17.1. The van der Waals surface area contributed by atoms with E-state index in [-0.39, 0.29) is 0 Å². The number of hydrogen-bond acceptors (Lipinski definition) is 7. The van der Waals surface area contributed by atoms with Gasteiger partial charge >= 0.3 is 0 Å². The molecule has 1 saturated heterocycles. The molecule has 4 aromatic rings. The van der Waals surface area contributed by atoms with Gasteiger partial charge in [-0.3, -0.25) is 15.0 Å². The first-order valence-corrected chi connectivity index (χ1v) is 11.8. The average molecular weight is 476 g/mol. The quantitative estimate of drug-likeness (QED) is 0.390. The third-order valence-electron chi connectivity index (χ3n) is 5.81. The van der Waals surface area contributed by atoms with E-state index in [1.807, 2.05) is 32.4 Å². The summed E-state index contributed by atoms with van der Waals surface area (Å²) in [7, 11) is 1.70. The number of nitrogens with zero attached hydrogens (tertiary/aromatic N) is 5. The summed E-state index contributed by atoms with van der Waals surface area (Å²) < 4.78 is 10.6. The number of nitrogens with one attached hydrogen (secondary N) is 2. The second kappa shape index (κ2) is 11.8. The predicted octanol–water partition coefficient (Wildman–Crippen LogP) is 3.93. The number of morpholine rings is 1. The highest BCUT2D eigenvalue weighted by Crippen LogP contribution is 2.29. The lowest BCUT2D eigenvalue weighted by molar-refractivity contribution is 0.0341. The van der Waals surface area contributed by atoms with Crippen LogP contribution in [0.3, 0.4) is 0 Å². The summed E-state index contributed by atoms with van der Waals surface area (Å²) in [5.74, 6) is 0.759. The monoisotopic (exact) mass is 475 g/mol. The first kappa shape index (κ1) is 24.7. The van der Waals surface area contributed by atoms with E-state index in [0.29, 0.717) is 12.3 Å². The van der Waals surface area contributed by atoms with E-state index in [2.05, 4.69) is 48.8 Å². The summed E-state index contributed by atoms with van der Waals surface area (Å²) in [6.07, 6.45) is 8.17. The summed E-state index contributed by atoms with van der Waals surface area (Å²) in [5, 5.41) is 8.39. The lowest BCUT2D eigenvalue weighted by Gasteiger charge is -2.26. The number of hydrogen-bond donors (Lipinski definition) is 2. The Morgan fingerprint density at radius 2 is 1.94 bits per heavy atom. The van der Waals surface area contributed by atoms with Crippen LogP contribution in [0.15, 0.2) is 43.4 Å². The minimum absolute atomic E-state index is 0.633. The van der Waals surface area contributed by atoms with Crippen LogP contribution in [0, 0.1) is 6.92 Å². The number of aromatic nitrogens is 6. The Morgan fingerprint density at radius 1 is 1.17 bits per heavy atom. The molecule has 0 spiro atoms. The van der Waals surface area contributed by atoms with Gasteiger partial charge in [0.1, 0.15) is 5.69 Å². The smallest absolute Gasteiger partial charge is 0.181 e. The number of ether oxygens (including phenoxy) is 2. The van der Waals surface area contributed by atoms with Crippen molar-refractivity contribution in [3.63, 3.8) is 0 Å². The zero-order valence-electron chi connectivity index (χ0n) is 20.7.